The molecule has 3 N–H and O–H groups in total. The number of hydrogen-bond donors (Lipinski definition) is 3. The van der Waals surface area contributed by atoms with Gasteiger partial charge < -0.3 is 10.2 Å². The molecule has 0 amide bonds. The van der Waals surface area contributed by atoms with E-state index in [9.17, 15) is 19.7 Å². The van der Waals surface area contributed by atoms with Crippen LogP contribution in [0.15, 0.2) is 29.4 Å². The molecule has 1 aromatic carbocycles. The maximum Gasteiger partial charge on any atom is 0.364 e. The third-order valence-corrected chi connectivity index (χ3v) is 1.78. The van der Waals surface area contributed by atoms with Gasteiger partial charge in [0.1, 0.15) is 0 Å². The Bertz CT molecular complexity index is 506. The van der Waals surface area contributed by atoms with Crippen LogP contribution < -0.4 is 5.43 Å². The van der Waals surface area contributed by atoms with Gasteiger partial charge in [-0.15, -0.1) is 0 Å². The highest BCUT2D eigenvalue weighted by Gasteiger charge is 2.18. The first-order valence-electron chi connectivity index (χ1n) is 4.46. The lowest BCUT2D eigenvalue weighted by atomic mass is 10.3. The van der Waals surface area contributed by atoms with Gasteiger partial charge in [0.15, 0.2) is 0 Å². The van der Waals surface area contributed by atoms with Crippen molar-refractivity contribution >= 4 is 29.0 Å². The second-order valence-electron chi connectivity index (χ2n) is 2.99. The Kier molecular flexibility index (Phi) is 3.92. The quantitative estimate of drug-likeness (QED) is 0.300. The Labute approximate surface area is 99.5 Å². The molecule has 0 aliphatic rings. The molecule has 0 unspecified atom stereocenters. The van der Waals surface area contributed by atoms with Gasteiger partial charge in [-0.3, -0.25) is 15.5 Å². The monoisotopic (exact) mass is 253 g/mol. The van der Waals surface area contributed by atoms with Crippen molar-refractivity contribution in [3.05, 3.63) is 34.4 Å². The lowest BCUT2D eigenvalue weighted by Gasteiger charge is -2.00. The maximum atomic E-state index is 10.5. The number of benzene rings is 1. The smallest absolute Gasteiger partial charge is 0.364 e. The van der Waals surface area contributed by atoms with E-state index < -0.39 is 22.6 Å². The van der Waals surface area contributed by atoms with Crippen molar-refractivity contribution in [2.45, 2.75) is 0 Å². The minimum Gasteiger partial charge on any atom is -0.476 e. The van der Waals surface area contributed by atoms with Crippen LogP contribution >= 0.6 is 0 Å². The first kappa shape index (κ1) is 13.1. The zero-order valence-corrected chi connectivity index (χ0v) is 8.73. The number of nitro groups is 1. The highest BCUT2D eigenvalue weighted by Crippen LogP contribution is 2.15. The molecule has 0 saturated heterocycles. The number of anilines is 1. The Morgan fingerprint density at radius 2 is 1.67 bits per heavy atom. The minimum atomic E-state index is -1.70. The van der Waals surface area contributed by atoms with Gasteiger partial charge in [0, 0.05) is 12.1 Å². The molecule has 1 rings (SSSR count). The number of carbonyl (C=O) groups is 2. The van der Waals surface area contributed by atoms with Crippen LogP contribution in [-0.4, -0.2) is 32.8 Å². The molecule has 94 valence electrons. The number of carboxylic acid groups (broad SMARTS) is 2. The van der Waals surface area contributed by atoms with Gasteiger partial charge in [-0.2, -0.15) is 5.10 Å². The Hall–Kier alpha value is -2.97. The largest absolute Gasteiger partial charge is 0.476 e. The summed E-state index contributed by atoms with van der Waals surface area (Å²) in [6, 6.07) is 4.87. The zero-order chi connectivity index (χ0) is 13.7. The number of nitrogens with zero attached hydrogens (tertiary/aromatic N) is 2. The molecule has 0 heterocycles. The van der Waals surface area contributed by atoms with Gasteiger partial charge in [-0.05, 0) is 12.1 Å². The predicted octanol–water partition coefficient (Wildman–Crippen LogP) is 0.532. The molecule has 9 nitrogen and oxygen atoms in total. The second kappa shape index (κ2) is 5.39. The van der Waals surface area contributed by atoms with Gasteiger partial charge in [0.25, 0.3) is 11.4 Å². The van der Waals surface area contributed by atoms with Crippen molar-refractivity contribution in [1.29, 1.82) is 0 Å². The lowest BCUT2D eigenvalue weighted by molar-refractivity contribution is -0.384. The van der Waals surface area contributed by atoms with Crippen molar-refractivity contribution in [2.75, 3.05) is 5.43 Å². The molecule has 0 atom stereocenters. The third kappa shape index (κ3) is 3.27. The summed E-state index contributed by atoms with van der Waals surface area (Å²) >= 11 is 0. The van der Waals surface area contributed by atoms with Crippen LogP contribution in [0.3, 0.4) is 0 Å². The molecular weight excluding hydrogens is 246 g/mol. The van der Waals surface area contributed by atoms with Gasteiger partial charge in [0.05, 0.1) is 10.6 Å². The zero-order valence-electron chi connectivity index (χ0n) is 8.73. The summed E-state index contributed by atoms with van der Waals surface area (Å²) in [5.41, 5.74) is 1.16. The summed E-state index contributed by atoms with van der Waals surface area (Å²) in [4.78, 5) is 30.7. The number of rotatable bonds is 5. The summed E-state index contributed by atoms with van der Waals surface area (Å²) in [5.74, 6) is -3.39. The normalized spacial score (nSPS) is 9.33. The molecule has 0 saturated carbocycles. The first-order chi connectivity index (χ1) is 8.41. The average Bonchev–Trinajstić information content (AvgIpc) is 2.28. The van der Waals surface area contributed by atoms with E-state index in [0.29, 0.717) is 0 Å². The molecular formula is C9H7N3O6. The van der Waals surface area contributed by atoms with Gasteiger partial charge in [-0.1, -0.05) is 0 Å². The first-order valence-corrected chi connectivity index (χ1v) is 4.46. The molecule has 1 aromatic rings. The second-order valence-corrected chi connectivity index (χ2v) is 2.99. The predicted molar refractivity (Wildman–Crippen MR) is 59.4 cm³/mol. The van der Waals surface area contributed by atoms with Crippen LogP contribution in [0.2, 0.25) is 0 Å². The fourth-order valence-corrected chi connectivity index (χ4v) is 0.965. The summed E-state index contributed by atoms with van der Waals surface area (Å²) in [6.45, 7) is 0. The number of hydrazone groups is 1. The fourth-order valence-electron chi connectivity index (χ4n) is 0.965. The minimum absolute atomic E-state index is 0.152. The number of aliphatic carboxylic acids is 2. The van der Waals surface area contributed by atoms with Crippen molar-refractivity contribution in [3.8, 4) is 0 Å². The van der Waals surface area contributed by atoms with Crippen molar-refractivity contribution < 1.29 is 24.7 Å². The molecule has 0 aromatic heterocycles. The van der Waals surface area contributed by atoms with Crippen LogP contribution in [0, 0.1) is 10.1 Å². The fraction of sp³-hybridized carbons (Fsp3) is 0. The van der Waals surface area contributed by atoms with Crippen LogP contribution in [0.5, 0.6) is 0 Å². The molecule has 0 fully saturated rings. The van der Waals surface area contributed by atoms with Crippen molar-refractivity contribution in [1.82, 2.24) is 0 Å². The third-order valence-electron chi connectivity index (χ3n) is 1.78. The topological polar surface area (TPSA) is 142 Å². The number of nitrogens with one attached hydrogen (secondary N) is 1. The van der Waals surface area contributed by atoms with E-state index >= 15 is 0 Å². The molecule has 0 aliphatic heterocycles. The van der Waals surface area contributed by atoms with E-state index in [-0.39, 0.29) is 11.4 Å². The SMILES string of the molecule is O=C(O)C(=NNc1ccc([N+](=O)[O-])cc1)C(=O)O. The van der Waals surface area contributed by atoms with Crippen molar-refractivity contribution in [3.63, 3.8) is 0 Å². The van der Waals surface area contributed by atoms with Crippen LogP contribution in [0.1, 0.15) is 0 Å². The number of non-ortho nitro benzene ring substituents is 1. The number of carboxylic acids is 2. The van der Waals surface area contributed by atoms with E-state index in [2.05, 4.69) is 10.5 Å². The van der Waals surface area contributed by atoms with Gasteiger partial charge >= 0.3 is 11.9 Å². The molecule has 9 heteroatoms. The van der Waals surface area contributed by atoms with E-state index in [1.54, 1.807) is 0 Å². The molecule has 18 heavy (non-hydrogen) atoms. The Morgan fingerprint density at radius 1 is 1.17 bits per heavy atom. The molecule has 0 spiro atoms. The number of hydrogen-bond acceptors (Lipinski definition) is 6. The maximum absolute atomic E-state index is 10.5. The highest BCUT2D eigenvalue weighted by molar-refractivity contribution is 6.61. The van der Waals surface area contributed by atoms with E-state index in [1.807, 2.05) is 0 Å². The molecule has 0 radical (unpaired) electrons. The molecule has 0 aliphatic carbocycles. The lowest BCUT2D eigenvalue weighted by Crippen LogP contribution is -2.24. The van der Waals surface area contributed by atoms with Crippen LogP contribution in [0.25, 0.3) is 0 Å². The van der Waals surface area contributed by atoms with E-state index in [0.717, 1.165) is 0 Å². The standard InChI is InChI=1S/C9H7N3O6/c13-8(14)7(9(15)16)11-10-5-1-3-6(4-2-5)12(17)18/h1-4,10H,(H,13,14)(H,15,16). The van der Waals surface area contributed by atoms with E-state index in [4.69, 9.17) is 10.2 Å². The van der Waals surface area contributed by atoms with Crippen LogP contribution in [0.4, 0.5) is 11.4 Å². The summed E-state index contributed by atoms with van der Waals surface area (Å²) in [5, 5.41) is 30.5. The average molecular weight is 253 g/mol. The van der Waals surface area contributed by atoms with Crippen LogP contribution in [-0.2, 0) is 9.59 Å². The highest BCUT2D eigenvalue weighted by atomic mass is 16.6. The number of nitro benzene ring substituents is 1. The summed E-state index contributed by atoms with van der Waals surface area (Å²) in [6.07, 6.45) is 0. The van der Waals surface area contributed by atoms with Gasteiger partial charge in [-0.25, -0.2) is 9.59 Å². The van der Waals surface area contributed by atoms with Crippen molar-refractivity contribution in [2.24, 2.45) is 5.10 Å². The summed E-state index contributed by atoms with van der Waals surface area (Å²) in [7, 11) is 0. The summed E-state index contributed by atoms with van der Waals surface area (Å²) < 4.78 is 0. The Morgan fingerprint density at radius 3 is 2.06 bits per heavy atom. The van der Waals surface area contributed by atoms with Gasteiger partial charge in [0.2, 0.25) is 0 Å². The molecule has 0 bridgehead atoms. The Balaban J connectivity index is 2.85. The van der Waals surface area contributed by atoms with E-state index in [1.165, 1.54) is 24.3 Å².